The molecule has 1 heterocycles. The number of amidine groups is 1. The van der Waals surface area contributed by atoms with Gasteiger partial charge in [0, 0.05) is 25.5 Å². The largest absolute Gasteiger partial charge is 0.497 e. The third-order valence-electron chi connectivity index (χ3n) is 2.97. The molecule has 3 nitrogen and oxygen atoms in total. The molecule has 0 bridgehead atoms. The maximum atomic E-state index is 5.16. The number of likely N-dealkylation sites (tertiary alicyclic amines) is 1. The standard InChI is InChI=1S/C13H18N2OS/c1-14-13-12(8-9-15(13)2)17-11-6-4-10(16-3)5-7-11/h4-7,12H,8-9H2,1-3H3. The van der Waals surface area contributed by atoms with Crippen LogP contribution < -0.4 is 4.74 Å². The van der Waals surface area contributed by atoms with Gasteiger partial charge in [-0.3, -0.25) is 4.99 Å². The van der Waals surface area contributed by atoms with Crippen LogP contribution in [0.25, 0.3) is 0 Å². The molecule has 0 spiro atoms. The molecule has 0 radical (unpaired) electrons. The monoisotopic (exact) mass is 250 g/mol. The van der Waals surface area contributed by atoms with E-state index in [2.05, 4.69) is 29.1 Å². The van der Waals surface area contributed by atoms with Crippen LogP contribution in [-0.2, 0) is 0 Å². The van der Waals surface area contributed by atoms with Gasteiger partial charge in [-0.15, -0.1) is 11.8 Å². The molecule has 0 aliphatic carbocycles. The number of methoxy groups -OCH3 is 1. The van der Waals surface area contributed by atoms with Crippen molar-refractivity contribution in [2.75, 3.05) is 27.7 Å². The third-order valence-corrected chi connectivity index (χ3v) is 4.25. The average Bonchev–Trinajstić information content (AvgIpc) is 2.71. The second-order valence-electron chi connectivity index (χ2n) is 4.07. The maximum absolute atomic E-state index is 5.16. The molecule has 0 amide bonds. The Hall–Kier alpha value is -1.16. The summed E-state index contributed by atoms with van der Waals surface area (Å²) in [5.74, 6) is 2.10. The van der Waals surface area contributed by atoms with E-state index in [9.17, 15) is 0 Å². The van der Waals surface area contributed by atoms with E-state index in [0.717, 1.165) is 12.3 Å². The lowest BCUT2D eigenvalue weighted by atomic mass is 10.3. The van der Waals surface area contributed by atoms with Crippen molar-refractivity contribution < 1.29 is 4.74 Å². The molecule has 1 aliphatic rings. The summed E-state index contributed by atoms with van der Waals surface area (Å²) >= 11 is 1.88. The summed E-state index contributed by atoms with van der Waals surface area (Å²) in [5.41, 5.74) is 0. The lowest BCUT2D eigenvalue weighted by Gasteiger charge is -2.15. The van der Waals surface area contributed by atoms with Crippen LogP contribution in [0.3, 0.4) is 0 Å². The first-order valence-corrected chi connectivity index (χ1v) is 6.61. The lowest BCUT2D eigenvalue weighted by molar-refractivity contribution is 0.414. The highest BCUT2D eigenvalue weighted by Gasteiger charge is 2.27. The van der Waals surface area contributed by atoms with E-state index in [0.29, 0.717) is 5.25 Å². The second-order valence-corrected chi connectivity index (χ2v) is 5.35. The number of nitrogens with zero attached hydrogens (tertiary/aromatic N) is 2. The highest BCUT2D eigenvalue weighted by atomic mass is 32.2. The van der Waals surface area contributed by atoms with Crippen LogP contribution >= 0.6 is 11.8 Å². The molecule has 0 N–H and O–H groups in total. The van der Waals surface area contributed by atoms with Crippen molar-refractivity contribution in [1.29, 1.82) is 0 Å². The molecule has 1 aromatic rings. The van der Waals surface area contributed by atoms with Crippen LogP contribution in [0.2, 0.25) is 0 Å². The first-order valence-electron chi connectivity index (χ1n) is 5.73. The Bertz CT molecular complexity index is 402. The van der Waals surface area contributed by atoms with E-state index in [1.54, 1.807) is 7.11 Å². The zero-order valence-electron chi connectivity index (χ0n) is 10.5. The van der Waals surface area contributed by atoms with Gasteiger partial charge in [-0.2, -0.15) is 0 Å². The first kappa shape index (κ1) is 12.3. The Morgan fingerprint density at radius 3 is 2.65 bits per heavy atom. The van der Waals surface area contributed by atoms with Crippen LogP contribution in [0.1, 0.15) is 6.42 Å². The van der Waals surface area contributed by atoms with Crippen molar-refractivity contribution in [3.8, 4) is 5.75 Å². The number of rotatable bonds is 3. The highest BCUT2D eigenvalue weighted by molar-refractivity contribution is 8.00. The molecule has 92 valence electrons. The predicted molar refractivity (Wildman–Crippen MR) is 73.2 cm³/mol. The van der Waals surface area contributed by atoms with Crippen molar-refractivity contribution in [3.63, 3.8) is 0 Å². The maximum Gasteiger partial charge on any atom is 0.118 e. The summed E-state index contributed by atoms with van der Waals surface area (Å²) in [6.07, 6.45) is 1.17. The van der Waals surface area contributed by atoms with E-state index in [1.807, 2.05) is 30.9 Å². The van der Waals surface area contributed by atoms with Gasteiger partial charge in [0.2, 0.25) is 0 Å². The minimum absolute atomic E-state index is 0.485. The minimum atomic E-state index is 0.485. The summed E-state index contributed by atoms with van der Waals surface area (Å²) in [6, 6.07) is 8.22. The van der Waals surface area contributed by atoms with E-state index >= 15 is 0 Å². The summed E-state index contributed by atoms with van der Waals surface area (Å²) in [4.78, 5) is 7.88. The highest BCUT2D eigenvalue weighted by Crippen LogP contribution is 2.31. The normalized spacial score (nSPS) is 22.2. The second kappa shape index (κ2) is 5.45. The number of ether oxygens (including phenoxy) is 1. The molecule has 1 saturated heterocycles. The van der Waals surface area contributed by atoms with Crippen molar-refractivity contribution in [3.05, 3.63) is 24.3 Å². The molecule has 1 aromatic carbocycles. The third kappa shape index (κ3) is 2.75. The lowest BCUT2D eigenvalue weighted by Crippen LogP contribution is -2.24. The van der Waals surface area contributed by atoms with Gasteiger partial charge in [-0.05, 0) is 30.7 Å². The molecular formula is C13H18N2OS. The fourth-order valence-corrected chi connectivity index (χ4v) is 3.28. The Kier molecular flexibility index (Phi) is 3.94. The van der Waals surface area contributed by atoms with Crippen molar-refractivity contribution in [2.45, 2.75) is 16.6 Å². The molecule has 17 heavy (non-hydrogen) atoms. The summed E-state index contributed by atoms with van der Waals surface area (Å²) in [6.45, 7) is 1.10. The predicted octanol–water partition coefficient (Wildman–Crippen LogP) is 2.52. The fraction of sp³-hybridized carbons (Fsp3) is 0.462. The Morgan fingerprint density at radius 2 is 2.06 bits per heavy atom. The van der Waals surface area contributed by atoms with Gasteiger partial charge in [0.05, 0.1) is 12.4 Å². The Labute approximate surface area is 107 Å². The van der Waals surface area contributed by atoms with Crippen LogP contribution in [-0.4, -0.2) is 43.7 Å². The summed E-state index contributed by atoms with van der Waals surface area (Å²) in [5, 5.41) is 0.485. The van der Waals surface area contributed by atoms with Crippen LogP contribution in [0.15, 0.2) is 34.2 Å². The van der Waals surface area contributed by atoms with Crippen molar-refractivity contribution in [1.82, 2.24) is 4.90 Å². The summed E-state index contributed by atoms with van der Waals surface area (Å²) < 4.78 is 5.16. The van der Waals surface area contributed by atoms with E-state index in [1.165, 1.54) is 17.2 Å². The first-order chi connectivity index (χ1) is 8.24. The number of benzene rings is 1. The molecule has 1 aliphatic heterocycles. The van der Waals surface area contributed by atoms with Gasteiger partial charge in [0.1, 0.15) is 11.6 Å². The van der Waals surface area contributed by atoms with E-state index < -0.39 is 0 Å². The van der Waals surface area contributed by atoms with Gasteiger partial charge in [-0.25, -0.2) is 0 Å². The zero-order valence-corrected chi connectivity index (χ0v) is 11.3. The van der Waals surface area contributed by atoms with Gasteiger partial charge in [0.15, 0.2) is 0 Å². The minimum Gasteiger partial charge on any atom is -0.497 e. The van der Waals surface area contributed by atoms with Gasteiger partial charge >= 0.3 is 0 Å². The molecule has 1 atom stereocenters. The van der Waals surface area contributed by atoms with Crippen LogP contribution in [0.5, 0.6) is 5.75 Å². The molecular weight excluding hydrogens is 232 g/mol. The molecule has 2 rings (SSSR count). The van der Waals surface area contributed by atoms with Gasteiger partial charge in [-0.1, -0.05) is 0 Å². The SMILES string of the molecule is CN=C1C(Sc2ccc(OC)cc2)CCN1C. The number of hydrogen-bond donors (Lipinski definition) is 0. The van der Waals surface area contributed by atoms with Crippen molar-refractivity contribution >= 4 is 17.6 Å². The van der Waals surface area contributed by atoms with Crippen LogP contribution in [0.4, 0.5) is 0 Å². The van der Waals surface area contributed by atoms with E-state index in [4.69, 9.17) is 4.74 Å². The molecule has 1 fully saturated rings. The molecule has 1 unspecified atom stereocenters. The fourth-order valence-electron chi connectivity index (χ4n) is 2.05. The molecule has 0 aromatic heterocycles. The number of thioether (sulfide) groups is 1. The van der Waals surface area contributed by atoms with Crippen molar-refractivity contribution in [2.24, 2.45) is 4.99 Å². The quantitative estimate of drug-likeness (QED) is 0.824. The number of hydrogen-bond acceptors (Lipinski definition) is 3. The molecule has 4 heteroatoms. The zero-order chi connectivity index (χ0) is 12.3. The van der Waals surface area contributed by atoms with E-state index in [-0.39, 0.29) is 0 Å². The number of aliphatic imine (C=N–C) groups is 1. The van der Waals surface area contributed by atoms with Crippen LogP contribution in [0, 0.1) is 0 Å². The Morgan fingerprint density at radius 1 is 1.35 bits per heavy atom. The van der Waals surface area contributed by atoms with Gasteiger partial charge in [0.25, 0.3) is 0 Å². The summed E-state index contributed by atoms with van der Waals surface area (Å²) in [7, 11) is 5.67. The Balaban J connectivity index is 2.05. The molecule has 0 saturated carbocycles. The average molecular weight is 250 g/mol. The topological polar surface area (TPSA) is 24.8 Å². The van der Waals surface area contributed by atoms with Gasteiger partial charge < -0.3 is 9.64 Å². The smallest absolute Gasteiger partial charge is 0.118 e.